The average molecular weight is 244 g/mol. The fourth-order valence-corrected chi connectivity index (χ4v) is 1.72. The van der Waals surface area contributed by atoms with Gasteiger partial charge >= 0.3 is 5.97 Å². The summed E-state index contributed by atoms with van der Waals surface area (Å²) in [4.78, 5) is 10.1. The molecule has 0 fully saturated rings. The maximum atomic E-state index is 11.1. The first kappa shape index (κ1) is 13.7. The molecule has 2 N–H and O–H groups in total. The minimum Gasteiger partial charge on any atom is -0.481 e. The summed E-state index contributed by atoms with van der Waals surface area (Å²) < 4.78 is 21.4. The second-order valence-corrected chi connectivity index (χ2v) is 6.16. The summed E-state index contributed by atoms with van der Waals surface area (Å²) in [5.74, 6) is -0.983. The number of sulfone groups is 1. The zero-order valence-electron chi connectivity index (χ0n) is 7.86. The van der Waals surface area contributed by atoms with Crippen LogP contribution in [-0.4, -0.2) is 43.0 Å². The molecule has 0 aliphatic heterocycles. The molecule has 0 saturated heterocycles. The van der Waals surface area contributed by atoms with Gasteiger partial charge in [0.1, 0.15) is 4.71 Å². The molecule has 0 radical (unpaired) electrons. The van der Waals surface area contributed by atoms with Crippen LogP contribution in [0.1, 0.15) is 13.3 Å². The van der Waals surface area contributed by atoms with Gasteiger partial charge in [-0.15, -0.1) is 11.6 Å². The summed E-state index contributed by atoms with van der Waals surface area (Å²) in [5.41, 5.74) is 0. The van der Waals surface area contributed by atoms with Gasteiger partial charge in [0.2, 0.25) is 0 Å². The van der Waals surface area contributed by atoms with Crippen LogP contribution in [0.5, 0.6) is 0 Å². The topological polar surface area (TPSA) is 83.5 Å². The average Bonchev–Trinajstić information content (AvgIpc) is 2.02. The van der Waals surface area contributed by atoms with Crippen LogP contribution >= 0.6 is 11.6 Å². The first-order valence-corrected chi connectivity index (χ1v) is 6.29. The zero-order chi connectivity index (χ0) is 11.2. The van der Waals surface area contributed by atoms with Gasteiger partial charge in [0.25, 0.3) is 0 Å². The largest absolute Gasteiger partial charge is 0.481 e. The number of rotatable bonds is 7. The lowest BCUT2D eigenvalue weighted by Gasteiger charge is -2.06. The maximum absolute atomic E-state index is 11.1. The second-order valence-electron chi connectivity index (χ2n) is 2.80. The fourth-order valence-electron chi connectivity index (χ4n) is 0.697. The van der Waals surface area contributed by atoms with E-state index in [1.165, 1.54) is 6.92 Å². The normalized spacial score (nSPS) is 13.9. The van der Waals surface area contributed by atoms with Crippen LogP contribution in [0, 0.1) is 0 Å². The van der Waals surface area contributed by atoms with E-state index in [-0.39, 0.29) is 25.3 Å². The Hall–Kier alpha value is -0.330. The molecule has 0 bridgehead atoms. The number of carboxylic acid groups (broad SMARTS) is 1. The highest BCUT2D eigenvalue weighted by molar-refractivity contribution is 7.93. The van der Waals surface area contributed by atoms with Gasteiger partial charge in [0.15, 0.2) is 9.84 Å². The Kier molecular flexibility index (Phi) is 6.06. The predicted molar refractivity (Wildman–Crippen MR) is 54.2 cm³/mol. The van der Waals surface area contributed by atoms with Crippen molar-refractivity contribution in [3.8, 4) is 0 Å². The molecule has 0 aromatic rings. The van der Waals surface area contributed by atoms with E-state index in [9.17, 15) is 13.2 Å². The first-order valence-electron chi connectivity index (χ1n) is 4.14. The van der Waals surface area contributed by atoms with Crippen LogP contribution in [-0.2, 0) is 14.6 Å². The third-order valence-corrected chi connectivity index (χ3v) is 4.15. The number of alkyl halides is 1. The van der Waals surface area contributed by atoms with Crippen molar-refractivity contribution in [3.05, 3.63) is 0 Å². The summed E-state index contributed by atoms with van der Waals surface area (Å²) in [5, 5.41) is 11.0. The van der Waals surface area contributed by atoms with Crippen molar-refractivity contribution in [2.45, 2.75) is 18.1 Å². The molecule has 0 aliphatic carbocycles. The van der Waals surface area contributed by atoms with Crippen molar-refractivity contribution >= 4 is 27.4 Å². The van der Waals surface area contributed by atoms with Crippen molar-refractivity contribution in [1.29, 1.82) is 0 Å². The summed E-state index contributed by atoms with van der Waals surface area (Å²) in [6.07, 6.45) is -0.0174. The maximum Gasteiger partial charge on any atom is 0.304 e. The molecule has 0 rings (SSSR count). The van der Waals surface area contributed by atoms with Crippen molar-refractivity contribution < 1.29 is 18.3 Å². The Morgan fingerprint density at radius 3 is 2.50 bits per heavy atom. The van der Waals surface area contributed by atoms with Crippen LogP contribution in [0.2, 0.25) is 0 Å². The fraction of sp³-hybridized carbons (Fsp3) is 0.857. The van der Waals surface area contributed by atoms with Gasteiger partial charge in [-0.05, 0) is 6.92 Å². The minimum atomic E-state index is -3.24. The number of hydrogen-bond acceptors (Lipinski definition) is 4. The zero-order valence-corrected chi connectivity index (χ0v) is 9.44. The Balaban J connectivity index is 3.60. The van der Waals surface area contributed by atoms with Crippen molar-refractivity contribution in [2.24, 2.45) is 0 Å². The summed E-state index contributed by atoms with van der Waals surface area (Å²) in [6, 6.07) is 0. The molecule has 84 valence electrons. The molecule has 7 heteroatoms. The highest BCUT2D eigenvalue weighted by Gasteiger charge is 2.16. The Morgan fingerprint density at radius 1 is 1.50 bits per heavy atom. The molecular weight excluding hydrogens is 230 g/mol. The lowest BCUT2D eigenvalue weighted by molar-refractivity contribution is -0.136. The van der Waals surface area contributed by atoms with E-state index < -0.39 is 20.5 Å². The number of carbonyl (C=O) groups is 1. The van der Waals surface area contributed by atoms with E-state index in [2.05, 4.69) is 5.32 Å². The third-order valence-electron chi connectivity index (χ3n) is 1.57. The molecule has 0 aromatic heterocycles. The van der Waals surface area contributed by atoms with Gasteiger partial charge in [-0.1, -0.05) is 0 Å². The summed E-state index contributed by atoms with van der Waals surface area (Å²) in [7, 11) is -3.24. The quantitative estimate of drug-likeness (QED) is 0.488. The standard InChI is InChI=1S/C7H14ClNO4S/c1-6(8)14(12,13)5-4-9-3-2-7(10)11/h6,9H,2-5H2,1H3,(H,10,11). The van der Waals surface area contributed by atoms with Gasteiger partial charge in [-0.2, -0.15) is 0 Å². The third kappa shape index (κ3) is 6.17. The van der Waals surface area contributed by atoms with E-state index in [0.29, 0.717) is 0 Å². The Labute approximate surface area is 88.4 Å². The van der Waals surface area contributed by atoms with E-state index in [0.717, 1.165) is 0 Å². The molecule has 5 nitrogen and oxygen atoms in total. The van der Waals surface area contributed by atoms with Crippen LogP contribution in [0.25, 0.3) is 0 Å². The summed E-state index contributed by atoms with van der Waals surface area (Å²) in [6.45, 7) is 1.89. The van der Waals surface area contributed by atoms with Gasteiger partial charge in [0.05, 0.1) is 12.2 Å². The molecule has 0 spiro atoms. The van der Waals surface area contributed by atoms with E-state index in [4.69, 9.17) is 16.7 Å². The van der Waals surface area contributed by atoms with Gasteiger partial charge in [-0.3, -0.25) is 4.79 Å². The minimum absolute atomic E-state index is 0.0174. The highest BCUT2D eigenvalue weighted by atomic mass is 35.5. The molecule has 0 saturated carbocycles. The van der Waals surface area contributed by atoms with E-state index in [1.807, 2.05) is 0 Å². The highest BCUT2D eigenvalue weighted by Crippen LogP contribution is 2.04. The summed E-state index contributed by atoms with van der Waals surface area (Å²) >= 11 is 5.42. The van der Waals surface area contributed by atoms with Crippen LogP contribution in [0.4, 0.5) is 0 Å². The van der Waals surface area contributed by atoms with Gasteiger partial charge < -0.3 is 10.4 Å². The molecular formula is C7H14ClNO4S. The SMILES string of the molecule is CC(Cl)S(=O)(=O)CCNCCC(=O)O. The van der Waals surface area contributed by atoms with Crippen LogP contribution in [0.15, 0.2) is 0 Å². The predicted octanol–water partition coefficient (Wildman–Crippen LogP) is 0.0503. The van der Waals surface area contributed by atoms with Crippen molar-refractivity contribution in [2.75, 3.05) is 18.8 Å². The molecule has 0 amide bonds. The number of hydrogen-bond donors (Lipinski definition) is 2. The van der Waals surface area contributed by atoms with Crippen molar-refractivity contribution in [3.63, 3.8) is 0 Å². The monoisotopic (exact) mass is 243 g/mol. The molecule has 0 aliphatic rings. The van der Waals surface area contributed by atoms with Gasteiger partial charge in [-0.25, -0.2) is 8.42 Å². The lowest BCUT2D eigenvalue weighted by atomic mass is 10.4. The molecule has 0 aromatic carbocycles. The molecule has 1 unspecified atom stereocenters. The lowest BCUT2D eigenvalue weighted by Crippen LogP contribution is -2.27. The molecule has 14 heavy (non-hydrogen) atoms. The molecule has 0 heterocycles. The van der Waals surface area contributed by atoms with E-state index in [1.54, 1.807) is 0 Å². The van der Waals surface area contributed by atoms with Crippen LogP contribution in [0.3, 0.4) is 0 Å². The van der Waals surface area contributed by atoms with Crippen LogP contribution < -0.4 is 5.32 Å². The van der Waals surface area contributed by atoms with Crippen molar-refractivity contribution in [1.82, 2.24) is 5.32 Å². The van der Waals surface area contributed by atoms with Gasteiger partial charge in [0, 0.05) is 13.1 Å². The smallest absolute Gasteiger partial charge is 0.304 e. The number of halogens is 1. The van der Waals surface area contributed by atoms with E-state index >= 15 is 0 Å². The number of aliphatic carboxylic acids is 1. The Morgan fingerprint density at radius 2 is 2.07 bits per heavy atom. The first-order chi connectivity index (χ1) is 6.36. The Bertz CT molecular complexity index is 275. The number of nitrogens with one attached hydrogen (secondary N) is 1. The number of carboxylic acids is 1. The second kappa shape index (κ2) is 6.21. The molecule has 1 atom stereocenters.